The van der Waals surface area contributed by atoms with Crippen molar-refractivity contribution in [2.45, 2.75) is 174 Å². The molecule has 0 bridgehead atoms. The zero-order valence-corrected chi connectivity index (χ0v) is 44.6. The molecule has 0 saturated carbocycles. The van der Waals surface area contributed by atoms with Gasteiger partial charge < -0.3 is 72.8 Å². The van der Waals surface area contributed by atoms with Gasteiger partial charge in [-0.1, -0.05) is 142 Å². The number of phosphoric acid groups is 1. The summed E-state index contributed by atoms with van der Waals surface area (Å²) in [5.41, 5.74) is 0. The van der Waals surface area contributed by atoms with Gasteiger partial charge in [0.05, 0.1) is 99.1 Å². The van der Waals surface area contributed by atoms with Crippen molar-refractivity contribution in [3.8, 4) is 0 Å². The molecule has 0 aromatic carbocycles. The summed E-state index contributed by atoms with van der Waals surface area (Å²) in [6, 6.07) is 0. The van der Waals surface area contributed by atoms with Gasteiger partial charge in [-0.05, 0) is 12.8 Å². The molecule has 0 radical (unpaired) electrons. The fraction of sp³-hybridized carbons (Fsp3) is 0.939. The molecule has 19 nitrogen and oxygen atoms in total. The summed E-state index contributed by atoms with van der Waals surface area (Å²) in [5.74, 6) is -0.966. The summed E-state index contributed by atoms with van der Waals surface area (Å²) >= 11 is 0. The molecule has 20 heteroatoms. The summed E-state index contributed by atoms with van der Waals surface area (Å²) in [6.07, 6.45) is 23.7. The fourth-order valence-corrected chi connectivity index (χ4v) is 7.33. The minimum absolute atomic E-state index is 0. The number of hydrogen-bond donors (Lipinski definition) is 2. The molecular weight excluding hydrogens is 920 g/mol. The summed E-state index contributed by atoms with van der Waals surface area (Å²) in [7, 11) is -3.25. The topological polar surface area (TPSA) is 251 Å². The van der Waals surface area contributed by atoms with Crippen molar-refractivity contribution < 1.29 is 80.3 Å². The van der Waals surface area contributed by atoms with Gasteiger partial charge in [0.1, 0.15) is 13.2 Å². The second kappa shape index (κ2) is 55.3. The fourth-order valence-electron chi connectivity index (χ4n) is 6.60. The third-order valence-electron chi connectivity index (χ3n) is 10.5. The van der Waals surface area contributed by atoms with E-state index in [-0.39, 0.29) is 45.4 Å². The van der Waals surface area contributed by atoms with Crippen molar-refractivity contribution in [1.82, 2.24) is 11.5 Å². The monoisotopic (exact) mass is 1020 g/mol. The van der Waals surface area contributed by atoms with E-state index < -0.39 is 45.2 Å². The van der Waals surface area contributed by atoms with Gasteiger partial charge in [-0.3, -0.25) is 14.2 Å². The highest BCUT2D eigenvalue weighted by Gasteiger charge is 2.21. The molecule has 0 aliphatic heterocycles. The molecule has 1 amide bonds. The Labute approximate surface area is 416 Å². The number of phosphoric ester groups is 1. The van der Waals surface area contributed by atoms with Gasteiger partial charge in [0.2, 0.25) is 0 Å². The molecule has 0 aromatic rings. The Balaban J connectivity index is 0. The lowest BCUT2D eigenvalue weighted by atomic mass is 10.1. The first-order valence-electron chi connectivity index (χ1n) is 26.0. The van der Waals surface area contributed by atoms with Crippen LogP contribution in [0.15, 0.2) is 0 Å². The lowest BCUT2D eigenvalue weighted by Gasteiger charge is -2.25. The van der Waals surface area contributed by atoms with E-state index in [9.17, 15) is 23.8 Å². The molecule has 0 spiro atoms. The lowest BCUT2D eigenvalue weighted by molar-refractivity contribution is -0.228. The van der Waals surface area contributed by atoms with E-state index in [1.165, 1.54) is 89.9 Å². The van der Waals surface area contributed by atoms with E-state index >= 15 is 0 Å². The first kappa shape index (κ1) is 69.1. The zero-order valence-electron chi connectivity index (χ0n) is 43.7. The van der Waals surface area contributed by atoms with Crippen LogP contribution in [0, 0.1) is 0 Å². The van der Waals surface area contributed by atoms with Gasteiger partial charge >= 0.3 is 18.0 Å². The van der Waals surface area contributed by atoms with E-state index in [1.807, 2.05) is 0 Å². The highest BCUT2D eigenvalue weighted by atomic mass is 31.2. The maximum atomic E-state index is 12.7. The Morgan fingerprint density at radius 1 is 0.449 bits per heavy atom. The number of carbonyl (C=O) groups is 3. The molecule has 5 N–H and O–H groups in total. The largest absolute Gasteiger partial charge is 0.756 e. The average molecular weight is 1020 g/mol. The summed E-state index contributed by atoms with van der Waals surface area (Å²) in [5, 5.41) is 2.38. The maximum absolute atomic E-state index is 12.7. The molecule has 0 rings (SSSR count). The maximum Gasteiger partial charge on any atom is 0.407 e. The minimum atomic E-state index is -4.87. The predicted octanol–water partition coefficient (Wildman–Crippen LogP) is 9.19. The van der Waals surface area contributed by atoms with Gasteiger partial charge in [-0.25, -0.2) is 4.79 Å². The van der Waals surface area contributed by atoms with Gasteiger partial charge in [0.25, 0.3) is 7.82 Å². The van der Waals surface area contributed by atoms with E-state index in [4.69, 9.17) is 56.4 Å². The second-order valence-corrected chi connectivity index (χ2v) is 18.1. The van der Waals surface area contributed by atoms with E-state index in [0.29, 0.717) is 92.1 Å². The highest BCUT2D eigenvalue weighted by Crippen LogP contribution is 2.38. The normalized spacial score (nSPS) is 12.6. The Morgan fingerprint density at radius 2 is 0.812 bits per heavy atom. The highest BCUT2D eigenvalue weighted by molar-refractivity contribution is 7.45. The van der Waals surface area contributed by atoms with Crippen molar-refractivity contribution in [3.63, 3.8) is 0 Å². The van der Waals surface area contributed by atoms with E-state index in [2.05, 4.69) is 19.2 Å². The number of quaternary nitrogens is 1. The van der Waals surface area contributed by atoms with Crippen LogP contribution in [0.25, 0.3) is 0 Å². The Kier molecular flexibility index (Phi) is 55.4. The molecule has 0 aromatic heterocycles. The molecule has 69 heavy (non-hydrogen) atoms. The SMILES string of the molecule is CCCCCCCCCCCCCC(=O)OC[C@H](COP(=O)([O-])OCCNC(=O)OCCOCCOCCOCCOCCOCCOCCOC)OC(=O)CCCCCCCCCCCCC.[NH4+]. The van der Waals surface area contributed by atoms with Crippen LogP contribution in [0.2, 0.25) is 0 Å². The lowest BCUT2D eigenvalue weighted by Crippen LogP contribution is -2.31. The number of hydrogen-bond acceptors (Lipinski definition) is 17. The average Bonchev–Trinajstić information content (AvgIpc) is 3.32. The van der Waals surface area contributed by atoms with Crippen LogP contribution in [0.5, 0.6) is 0 Å². The third kappa shape index (κ3) is 55.2. The van der Waals surface area contributed by atoms with Gasteiger partial charge in [0, 0.05) is 26.5 Å². The van der Waals surface area contributed by atoms with Gasteiger partial charge in [0.15, 0.2) is 6.10 Å². The third-order valence-corrected chi connectivity index (χ3v) is 11.5. The van der Waals surface area contributed by atoms with Crippen molar-refractivity contribution in [1.29, 1.82) is 0 Å². The van der Waals surface area contributed by atoms with Crippen molar-refractivity contribution >= 4 is 25.9 Å². The molecule has 0 saturated heterocycles. The Morgan fingerprint density at radius 3 is 1.22 bits per heavy atom. The first-order valence-corrected chi connectivity index (χ1v) is 27.5. The number of carbonyl (C=O) groups excluding carboxylic acids is 3. The number of alkyl carbamates (subject to hydrolysis) is 1. The van der Waals surface area contributed by atoms with Crippen LogP contribution in [-0.4, -0.2) is 150 Å². The van der Waals surface area contributed by atoms with Gasteiger partial charge in [-0.2, -0.15) is 0 Å². The van der Waals surface area contributed by atoms with Crippen LogP contribution in [0.3, 0.4) is 0 Å². The van der Waals surface area contributed by atoms with Crippen LogP contribution < -0.4 is 16.4 Å². The number of unbranched alkanes of at least 4 members (excludes halogenated alkanes) is 20. The van der Waals surface area contributed by atoms with Gasteiger partial charge in [-0.15, -0.1) is 0 Å². The standard InChI is InChI=1S/C49H96NO17P.H3N/c1-4-6-8-10-12-14-16-18-20-22-24-26-47(51)64-44-46(67-48(52)27-25-23-21-19-17-15-13-11-9-7-5-2)45-66-68(54,55)65-29-28-50-49(53)63-43-42-62-41-40-61-39-38-60-37-36-59-35-34-58-33-32-57-31-30-56-3;/h46H,4-45H2,1-3H3,(H,50,53)(H,54,55);1H3/t46-;/m1./s1. The molecule has 0 aliphatic rings. The molecule has 412 valence electrons. The summed E-state index contributed by atoms with van der Waals surface area (Å²) < 4.78 is 75.6. The Hall–Kier alpha value is -2.00. The molecule has 0 heterocycles. The Bertz CT molecular complexity index is 1160. The van der Waals surface area contributed by atoms with Crippen LogP contribution in [-0.2, 0) is 70.6 Å². The summed E-state index contributed by atoms with van der Waals surface area (Å²) in [6.45, 7) is 8.38. The molecule has 0 aliphatic carbocycles. The smallest absolute Gasteiger partial charge is 0.407 e. The molecule has 1 unspecified atom stereocenters. The molecule has 0 fully saturated rings. The number of nitrogens with one attached hydrogen (secondary N) is 1. The first-order chi connectivity index (χ1) is 33.2. The molecular formula is C49H99N2O17P. The van der Waals surface area contributed by atoms with E-state index in [1.54, 1.807) is 7.11 Å². The number of esters is 2. The van der Waals surface area contributed by atoms with Crippen molar-refractivity contribution in [2.24, 2.45) is 0 Å². The predicted molar refractivity (Wildman–Crippen MR) is 265 cm³/mol. The van der Waals surface area contributed by atoms with Crippen LogP contribution in [0.4, 0.5) is 4.79 Å². The van der Waals surface area contributed by atoms with Crippen molar-refractivity contribution in [2.75, 3.05) is 126 Å². The zero-order chi connectivity index (χ0) is 49.7. The number of ether oxygens (including phenoxy) is 10. The number of amides is 1. The number of methoxy groups -OCH3 is 1. The van der Waals surface area contributed by atoms with Crippen LogP contribution >= 0.6 is 7.82 Å². The quantitative estimate of drug-likeness (QED) is 0.0249. The van der Waals surface area contributed by atoms with Crippen LogP contribution in [0.1, 0.15) is 168 Å². The second-order valence-electron chi connectivity index (χ2n) is 16.7. The summed E-state index contributed by atoms with van der Waals surface area (Å²) in [4.78, 5) is 49.8. The minimum Gasteiger partial charge on any atom is -0.756 e. The van der Waals surface area contributed by atoms with Crippen molar-refractivity contribution in [3.05, 3.63) is 0 Å². The number of rotatable bonds is 55. The van der Waals surface area contributed by atoms with E-state index in [0.717, 1.165) is 38.5 Å². The molecule has 2 atom stereocenters.